The molecule has 1 fully saturated rings. The monoisotopic (exact) mass is 327 g/mol. The van der Waals surface area contributed by atoms with Crippen molar-refractivity contribution in [3.63, 3.8) is 0 Å². The summed E-state index contributed by atoms with van der Waals surface area (Å²) in [5.74, 6) is 0.631. The minimum atomic E-state index is -3.16. The molecule has 0 spiro atoms. The van der Waals surface area contributed by atoms with Crippen LogP contribution in [0.4, 0.5) is 0 Å². The van der Waals surface area contributed by atoms with Crippen LogP contribution < -0.4 is 5.32 Å². The minimum Gasteiger partial charge on any atom is -0.455 e. The van der Waals surface area contributed by atoms with Gasteiger partial charge in [0.25, 0.3) is 5.91 Å². The maximum atomic E-state index is 12.2. The highest BCUT2D eigenvalue weighted by Crippen LogP contribution is 2.30. The summed E-state index contributed by atoms with van der Waals surface area (Å²) in [6, 6.07) is 3.31. The molecule has 6 heteroatoms. The third-order valence-electron chi connectivity index (χ3n) is 4.19. The first kappa shape index (κ1) is 17.1. The topological polar surface area (TPSA) is 76.4 Å². The van der Waals surface area contributed by atoms with Crippen molar-refractivity contribution in [2.24, 2.45) is 5.92 Å². The molecule has 2 atom stereocenters. The molecule has 1 saturated carbocycles. The zero-order valence-electron chi connectivity index (χ0n) is 13.3. The van der Waals surface area contributed by atoms with Gasteiger partial charge >= 0.3 is 0 Å². The Balaban J connectivity index is 1.94. The number of nitrogens with one attached hydrogen (secondary N) is 1. The van der Waals surface area contributed by atoms with Crippen molar-refractivity contribution in [3.05, 3.63) is 23.7 Å². The maximum absolute atomic E-state index is 12.2. The van der Waals surface area contributed by atoms with Crippen molar-refractivity contribution >= 4 is 15.7 Å². The molecule has 1 aliphatic rings. The van der Waals surface area contributed by atoms with Crippen LogP contribution in [0.2, 0.25) is 0 Å². The molecule has 2 unspecified atom stereocenters. The molecule has 1 aliphatic carbocycles. The Morgan fingerprint density at radius 3 is 2.82 bits per heavy atom. The fourth-order valence-corrected chi connectivity index (χ4v) is 3.79. The van der Waals surface area contributed by atoms with Gasteiger partial charge in [0.2, 0.25) is 0 Å². The van der Waals surface area contributed by atoms with Crippen LogP contribution in [0.3, 0.4) is 0 Å². The summed E-state index contributed by atoms with van der Waals surface area (Å²) < 4.78 is 27.8. The fraction of sp³-hybridized carbons (Fsp3) is 0.688. The van der Waals surface area contributed by atoms with Gasteiger partial charge in [-0.1, -0.05) is 26.2 Å². The average molecular weight is 327 g/mol. The molecular weight excluding hydrogens is 302 g/mol. The van der Waals surface area contributed by atoms with Crippen LogP contribution in [0.15, 0.2) is 16.5 Å². The third kappa shape index (κ3) is 4.87. The van der Waals surface area contributed by atoms with Crippen LogP contribution in [-0.4, -0.2) is 26.6 Å². The molecule has 0 aliphatic heterocycles. The smallest absolute Gasteiger partial charge is 0.287 e. The zero-order valence-corrected chi connectivity index (χ0v) is 14.1. The number of hydrogen-bond acceptors (Lipinski definition) is 4. The van der Waals surface area contributed by atoms with Gasteiger partial charge in [-0.15, -0.1) is 0 Å². The molecule has 22 heavy (non-hydrogen) atoms. The van der Waals surface area contributed by atoms with Gasteiger partial charge in [-0.2, -0.15) is 0 Å². The van der Waals surface area contributed by atoms with Crippen molar-refractivity contribution < 1.29 is 17.6 Å². The molecule has 1 heterocycles. The SMILES string of the molecule is CCCCC1CCCC1NC(=O)c1ccc(CS(C)(=O)=O)o1. The van der Waals surface area contributed by atoms with E-state index in [-0.39, 0.29) is 23.5 Å². The second-order valence-corrected chi connectivity index (χ2v) is 8.39. The van der Waals surface area contributed by atoms with E-state index < -0.39 is 9.84 Å². The molecule has 0 radical (unpaired) electrons. The number of furan rings is 1. The van der Waals surface area contributed by atoms with E-state index in [0.29, 0.717) is 11.7 Å². The van der Waals surface area contributed by atoms with Crippen molar-refractivity contribution in [2.75, 3.05) is 6.26 Å². The highest BCUT2D eigenvalue weighted by Gasteiger charge is 2.29. The number of carbonyl (C=O) groups is 1. The molecule has 1 amide bonds. The van der Waals surface area contributed by atoms with E-state index in [4.69, 9.17) is 4.42 Å². The molecule has 1 N–H and O–H groups in total. The molecule has 0 aromatic carbocycles. The Morgan fingerprint density at radius 1 is 1.36 bits per heavy atom. The predicted octanol–water partition coefficient (Wildman–Crippen LogP) is 2.91. The minimum absolute atomic E-state index is 0.178. The van der Waals surface area contributed by atoms with E-state index in [1.165, 1.54) is 19.3 Å². The number of amides is 1. The Bertz CT molecular complexity index is 605. The van der Waals surface area contributed by atoms with Crippen LogP contribution in [0.25, 0.3) is 0 Å². The van der Waals surface area contributed by atoms with Gasteiger partial charge < -0.3 is 9.73 Å². The van der Waals surface area contributed by atoms with Crippen LogP contribution in [0.5, 0.6) is 0 Å². The van der Waals surface area contributed by atoms with Gasteiger partial charge in [0.05, 0.1) is 0 Å². The van der Waals surface area contributed by atoms with Gasteiger partial charge in [0.15, 0.2) is 15.6 Å². The number of rotatable bonds is 7. The van der Waals surface area contributed by atoms with Gasteiger partial charge in [-0.3, -0.25) is 4.79 Å². The molecule has 1 aromatic heterocycles. The number of unbranched alkanes of at least 4 members (excludes halogenated alkanes) is 1. The van der Waals surface area contributed by atoms with E-state index in [2.05, 4.69) is 12.2 Å². The van der Waals surface area contributed by atoms with E-state index in [1.54, 1.807) is 12.1 Å². The van der Waals surface area contributed by atoms with Gasteiger partial charge in [-0.05, 0) is 37.3 Å². The van der Waals surface area contributed by atoms with Crippen LogP contribution >= 0.6 is 0 Å². The normalized spacial score (nSPS) is 21.9. The van der Waals surface area contributed by atoms with E-state index in [0.717, 1.165) is 25.5 Å². The molecule has 0 saturated heterocycles. The maximum Gasteiger partial charge on any atom is 0.287 e. The Kier molecular flexibility index (Phi) is 5.67. The summed E-state index contributed by atoms with van der Waals surface area (Å²) in [5, 5.41) is 3.05. The van der Waals surface area contributed by atoms with Crippen molar-refractivity contribution in [2.45, 2.75) is 57.2 Å². The Hall–Kier alpha value is -1.30. The lowest BCUT2D eigenvalue weighted by molar-refractivity contribution is 0.0896. The summed E-state index contributed by atoms with van der Waals surface area (Å²) in [5.41, 5.74) is 0. The summed E-state index contributed by atoms with van der Waals surface area (Å²) in [4.78, 5) is 12.2. The quantitative estimate of drug-likeness (QED) is 0.835. The number of carbonyl (C=O) groups excluding carboxylic acids is 1. The first-order valence-corrected chi connectivity index (χ1v) is 10.0. The summed E-state index contributed by atoms with van der Waals surface area (Å²) in [7, 11) is -3.16. The van der Waals surface area contributed by atoms with Crippen molar-refractivity contribution in [1.82, 2.24) is 5.32 Å². The fourth-order valence-electron chi connectivity index (χ4n) is 3.11. The van der Waals surface area contributed by atoms with E-state index in [9.17, 15) is 13.2 Å². The second-order valence-electron chi connectivity index (χ2n) is 6.25. The summed E-state index contributed by atoms with van der Waals surface area (Å²) in [6.45, 7) is 2.18. The predicted molar refractivity (Wildman–Crippen MR) is 85.4 cm³/mol. The van der Waals surface area contributed by atoms with Crippen molar-refractivity contribution in [1.29, 1.82) is 0 Å². The number of hydrogen-bond donors (Lipinski definition) is 1. The Morgan fingerprint density at radius 2 is 2.14 bits per heavy atom. The molecule has 2 rings (SSSR count). The summed E-state index contributed by atoms with van der Waals surface area (Å²) >= 11 is 0. The third-order valence-corrected chi connectivity index (χ3v) is 5.00. The van der Waals surface area contributed by atoms with Crippen LogP contribution in [0.1, 0.15) is 61.8 Å². The highest BCUT2D eigenvalue weighted by molar-refractivity contribution is 7.89. The number of sulfone groups is 1. The molecule has 0 bridgehead atoms. The van der Waals surface area contributed by atoms with Gasteiger partial charge in [0.1, 0.15) is 11.5 Å². The largest absolute Gasteiger partial charge is 0.455 e. The molecule has 1 aromatic rings. The summed E-state index contributed by atoms with van der Waals surface area (Å²) in [6.07, 6.45) is 7.99. The van der Waals surface area contributed by atoms with Gasteiger partial charge in [0, 0.05) is 12.3 Å². The van der Waals surface area contributed by atoms with Crippen molar-refractivity contribution in [3.8, 4) is 0 Å². The van der Waals surface area contributed by atoms with Gasteiger partial charge in [-0.25, -0.2) is 8.42 Å². The second kappa shape index (κ2) is 7.31. The first-order valence-electron chi connectivity index (χ1n) is 7.96. The van der Waals surface area contributed by atoms with Crippen LogP contribution in [0, 0.1) is 5.92 Å². The van der Waals surface area contributed by atoms with E-state index >= 15 is 0 Å². The molecule has 5 nitrogen and oxygen atoms in total. The van der Waals surface area contributed by atoms with Crippen LogP contribution in [-0.2, 0) is 15.6 Å². The standard InChI is InChI=1S/C16H25NO4S/c1-3-4-6-12-7-5-8-14(12)17-16(18)15-10-9-13(21-15)11-22(2,19)20/h9-10,12,14H,3-8,11H2,1-2H3,(H,17,18). The highest BCUT2D eigenvalue weighted by atomic mass is 32.2. The molecule has 124 valence electrons. The lowest BCUT2D eigenvalue weighted by atomic mass is 9.97. The average Bonchev–Trinajstić information content (AvgIpc) is 3.04. The zero-order chi connectivity index (χ0) is 16.2. The first-order chi connectivity index (χ1) is 10.4. The van der Waals surface area contributed by atoms with E-state index in [1.807, 2.05) is 0 Å². The lowest BCUT2D eigenvalue weighted by Gasteiger charge is -2.20. The molecular formula is C16H25NO4S. The Labute approximate surface area is 132 Å². The lowest BCUT2D eigenvalue weighted by Crippen LogP contribution is -2.37.